The molecule has 1 heterocycles. The first-order chi connectivity index (χ1) is 22.8. The van der Waals surface area contributed by atoms with Gasteiger partial charge in [-0.3, -0.25) is 0 Å². The van der Waals surface area contributed by atoms with Crippen molar-refractivity contribution in [2.24, 2.45) is 0 Å². The van der Waals surface area contributed by atoms with Gasteiger partial charge in [-0.2, -0.15) is 0 Å². The molecule has 0 saturated heterocycles. The van der Waals surface area contributed by atoms with Gasteiger partial charge >= 0.3 is 24.2 Å². The first kappa shape index (κ1) is 34.2. The average Bonchev–Trinajstić information content (AvgIpc) is 3.42. The van der Waals surface area contributed by atoms with Crippen LogP contribution in [-0.4, -0.2) is 84.8 Å². The van der Waals surface area contributed by atoms with E-state index in [-0.39, 0.29) is 19.8 Å². The van der Waals surface area contributed by atoms with Crippen LogP contribution in [0.15, 0.2) is 85.6 Å². The fraction of sp³-hybridized carbons (Fsp3) is 0.294. The number of hydrogen-bond donors (Lipinski definition) is 3. The van der Waals surface area contributed by atoms with Crippen LogP contribution in [0.2, 0.25) is 0 Å². The van der Waals surface area contributed by atoms with Gasteiger partial charge in [0.1, 0.15) is 19.8 Å². The maximum atomic E-state index is 13.2. The highest BCUT2D eigenvalue weighted by Crippen LogP contribution is 2.47. The van der Waals surface area contributed by atoms with Gasteiger partial charge in [-0.15, -0.1) is 0 Å². The third-order valence-electron chi connectivity index (χ3n) is 7.60. The summed E-state index contributed by atoms with van der Waals surface area (Å²) in [4.78, 5) is 51.7. The Labute approximate surface area is 273 Å². The summed E-state index contributed by atoms with van der Waals surface area (Å²) in [6.45, 7) is 5.30. The van der Waals surface area contributed by atoms with Crippen LogP contribution in [0.3, 0.4) is 0 Å². The largest absolute Gasteiger partial charge is 0.448 e. The summed E-state index contributed by atoms with van der Waals surface area (Å²) >= 11 is 0. The molecule has 0 aliphatic carbocycles. The lowest BCUT2D eigenvalue weighted by Crippen LogP contribution is -2.34. The maximum absolute atomic E-state index is 13.2. The highest BCUT2D eigenvalue weighted by atomic mass is 16.6. The number of fused-ring (bicyclic) bond motifs is 1. The molecular formula is C34H39N5O8. The molecule has 0 radical (unpaired) electrons. The molecule has 3 aromatic rings. The molecule has 0 fully saturated rings. The average molecular weight is 646 g/mol. The molecule has 1 aliphatic heterocycles. The number of alkyl carbamates (subject to hydrolysis) is 3. The molecule has 47 heavy (non-hydrogen) atoms. The van der Waals surface area contributed by atoms with Crippen molar-refractivity contribution in [2.45, 2.75) is 5.60 Å². The Balaban J connectivity index is 1.66. The van der Waals surface area contributed by atoms with Crippen LogP contribution in [0.25, 0.3) is 0 Å². The van der Waals surface area contributed by atoms with E-state index in [1.54, 1.807) is 18.3 Å². The first-order valence-electron chi connectivity index (χ1n) is 15.0. The topological polar surface area (TPSA) is 148 Å². The molecule has 1 unspecified atom stereocenters. The molecule has 248 valence electrons. The summed E-state index contributed by atoms with van der Waals surface area (Å²) in [5.41, 5.74) is 2.97. The number of ether oxygens (including phenoxy) is 4. The highest BCUT2D eigenvalue weighted by molar-refractivity contribution is 5.96. The Hall–Kier alpha value is -5.72. The van der Waals surface area contributed by atoms with E-state index in [9.17, 15) is 19.2 Å². The van der Waals surface area contributed by atoms with Crippen LogP contribution in [-0.2, 0) is 24.5 Å². The Kier molecular flexibility index (Phi) is 11.6. The molecule has 4 rings (SSSR count). The molecule has 0 spiro atoms. The molecule has 0 bridgehead atoms. The van der Waals surface area contributed by atoms with Crippen molar-refractivity contribution < 1.29 is 38.1 Å². The predicted octanol–water partition coefficient (Wildman–Crippen LogP) is 3.97. The van der Waals surface area contributed by atoms with Crippen LogP contribution in [0.5, 0.6) is 0 Å². The third kappa shape index (κ3) is 7.93. The zero-order chi connectivity index (χ0) is 33.8. The van der Waals surface area contributed by atoms with Gasteiger partial charge in [-0.25, -0.2) is 19.2 Å². The van der Waals surface area contributed by atoms with Crippen molar-refractivity contribution in [2.75, 3.05) is 70.4 Å². The second-order valence-electron chi connectivity index (χ2n) is 10.2. The van der Waals surface area contributed by atoms with E-state index in [1.165, 1.54) is 21.1 Å². The van der Waals surface area contributed by atoms with Gasteiger partial charge in [0.25, 0.3) is 0 Å². The molecular weight excluding hydrogens is 606 g/mol. The summed E-state index contributed by atoms with van der Waals surface area (Å²) in [6, 6.07) is 22.4. The summed E-state index contributed by atoms with van der Waals surface area (Å²) in [5, 5.41) is 7.25. The second-order valence-corrected chi connectivity index (χ2v) is 10.2. The van der Waals surface area contributed by atoms with E-state index in [4.69, 9.17) is 18.9 Å². The lowest BCUT2D eigenvalue weighted by atomic mass is 9.80. The van der Waals surface area contributed by atoms with Crippen LogP contribution in [0.1, 0.15) is 27.0 Å². The van der Waals surface area contributed by atoms with Crippen molar-refractivity contribution in [3.63, 3.8) is 0 Å². The fourth-order valence-electron chi connectivity index (χ4n) is 5.25. The zero-order valence-corrected chi connectivity index (χ0v) is 26.6. The second kappa shape index (κ2) is 16.0. The normalized spacial score (nSPS) is 14.6. The summed E-state index contributed by atoms with van der Waals surface area (Å²) in [7, 11) is 4.45. The minimum atomic E-state index is -1.23. The van der Waals surface area contributed by atoms with E-state index in [1.807, 2.05) is 70.5 Å². The monoisotopic (exact) mass is 645 g/mol. The molecule has 13 heteroatoms. The summed E-state index contributed by atoms with van der Waals surface area (Å²) < 4.78 is 21.8. The number of rotatable bonds is 14. The zero-order valence-electron chi connectivity index (χ0n) is 26.6. The van der Waals surface area contributed by atoms with Gasteiger partial charge in [0.15, 0.2) is 5.60 Å². The van der Waals surface area contributed by atoms with Crippen molar-refractivity contribution in [1.29, 1.82) is 0 Å². The highest BCUT2D eigenvalue weighted by Gasteiger charge is 2.48. The minimum absolute atomic E-state index is 0.0995. The smallest absolute Gasteiger partial charge is 0.406 e. The Morgan fingerprint density at radius 2 is 1.19 bits per heavy atom. The van der Waals surface area contributed by atoms with Crippen LogP contribution in [0, 0.1) is 0 Å². The molecule has 0 saturated carbocycles. The van der Waals surface area contributed by atoms with Gasteiger partial charge in [0, 0.05) is 49.2 Å². The molecule has 1 atom stereocenters. The van der Waals surface area contributed by atoms with Crippen molar-refractivity contribution in [3.8, 4) is 0 Å². The quantitative estimate of drug-likeness (QED) is 0.174. The van der Waals surface area contributed by atoms with Crippen molar-refractivity contribution >= 4 is 35.6 Å². The van der Waals surface area contributed by atoms with E-state index in [0.29, 0.717) is 30.8 Å². The van der Waals surface area contributed by atoms with E-state index in [2.05, 4.69) is 22.5 Å². The van der Waals surface area contributed by atoms with E-state index >= 15 is 0 Å². The number of benzene rings is 3. The van der Waals surface area contributed by atoms with E-state index < -0.39 is 29.9 Å². The first-order valence-corrected chi connectivity index (χ1v) is 15.0. The van der Waals surface area contributed by atoms with E-state index in [0.717, 1.165) is 22.5 Å². The van der Waals surface area contributed by atoms with Gasteiger partial charge in [0.2, 0.25) is 0 Å². The van der Waals surface area contributed by atoms with Crippen LogP contribution < -0.4 is 25.8 Å². The number of hydrogen-bond acceptors (Lipinski definition) is 10. The number of esters is 1. The standard InChI is InChI=1S/C34H39N5O8/c1-5-38(18-21-44-31(41)35-2)26-14-10-24(11-15-26)34(29-9-7-6-8-28(29)30(40)47-34)25-12-16-27(17-13-25)39(19-22-45-32(42)36-3)20-23-46-33(43)37-4/h5-17H,1,18-23H2,2-4H3,(H,35,41)(H,36,42)(H,37,43). The van der Waals surface area contributed by atoms with Crippen molar-refractivity contribution in [1.82, 2.24) is 16.0 Å². The lowest BCUT2D eigenvalue weighted by molar-refractivity contribution is 0.0251. The lowest BCUT2D eigenvalue weighted by Gasteiger charge is -2.32. The summed E-state index contributed by atoms with van der Waals surface area (Å²) in [6.07, 6.45) is 0.0268. The Bertz CT molecular complexity index is 1540. The predicted molar refractivity (Wildman–Crippen MR) is 176 cm³/mol. The number of nitrogens with one attached hydrogen (secondary N) is 3. The van der Waals surface area contributed by atoms with Gasteiger partial charge < -0.3 is 44.7 Å². The van der Waals surface area contributed by atoms with Gasteiger partial charge in [0.05, 0.1) is 25.2 Å². The molecule has 3 aromatic carbocycles. The molecule has 3 amide bonds. The van der Waals surface area contributed by atoms with Crippen LogP contribution in [0.4, 0.5) is 25.8 Å². The number of carbonyl (C=O) groups excluding carboxylic acids is 4. The minimum Gasteiger partial charge on any atom is -0.448 e. The molecule has 1 aliphatic rings. The fourth-order valence-corrected chi connectivity index (χ4v) is 5.25. The SMILES string of the molecule is C=CN(CCOC(=O)NC)c1ccc(C2(c3ccc(N(CCOC(=O)NC)CCOC(=O)NC)cc3)OC(=O)c3ccccc32)cc1. The number of nitrogens with zero attached hydrogens (tertiary/aromatic N) is 2. The number of cyclic esters (lactones) is 1. The Morgan fingerprint density at radius 1 is 0.723 bits per heavy atom. The van der Waals surface area contributed by atoms with Crippen LogP contribution >= 0.6 is 0 Å². The van der Waals surface area contributed by atoms with Crippen molar-refractivity contribution in [3.05, 3.63) is 108 Å². The third-order valence-corrected chi connectivity index (χ3v) is 7.60. The molecule has 3 N–H and O–H groups in total. The number of anilines is 2. The number of amides is 3. The number of carbonyl (C=O) groups is 4. The molecule has 13 nitrogen and oxygen atoms in total. The summed E-state index contributed by atoms with van der Waals surface area (Å²) in [5.74, 6) is -0.438. The van der Waals surface area contributed by atoms with Gasteiger partial charge in [-0.1, -0.05) is 49.0 Å². The maximum Gasteiger partial charge on any atom is 0.406 e. The molecule has 0 aromatic heterocycles. The van der Waals surface area contributed by atoms with Gasteiger partial charge in [-0.05, 0) is 36.5 Å². The Morgan fingerprint density at radius 3 is 1.68 bits per heavy atom.